The SMILES string of the molecule is CCOc1cccc(OCCc2nc3c(s2)CNCC3)c1. The molecule has 0 aliphatic carbocycles. The van der Waals surface area contributed by atoms with Gasteiger partial charge in [0.05, 0.1) is 23.9 Å². The smallest absolute Gasteiger partial charge is 0.123 e. The predicted octanol–water partition coefficient (Wildman–Crippen LogP) is 2.81. The Labute approximate surface area is 129 Å². The molecule has 2 aromatic rings. The van der Waals surface area contributed by atoms with Crippen LogP contribution in [-0.4, -0.2) is 24.7 Å². The summed E-state index contributed by atoms with van der Waals surface area (Å²) in [6, 6.07) is 7.78. The molecule has 0 atom stereocenters. The van der Waals surface area contributed by atoms with Gasteiger partial charge in [-0.15, -0.1) is 11.3 Å². The van der Waals surface area contributed by atoms with Crippen LogP contribution in [0, 0.1) is 0 Å². The molecular weight excluding hydrogens is 284 g/mol. The summed E-state index contributed by atoms with van der Waals surface area (Å²) in [6.07, 6.45) is 1.90. The van der Waals surface area contributed by atoms with E-state index in [9.17, 15) is 0 Å². The number of aromatic nitrogens is 1. The molecule has 0 amide bonds. The highest BCUT2D eigenvalue weighted by atomic mass is 32.1. The van der Waals surface area contributed by atoms with E-state index in [2.05, 4.69) is 5.32 Å². The van der Waals surface area contributed by atoms with Crippen LogP contribution in [0.1, 0.15) is 22.5 Å². The average Bonchev–Trinajstić information content (AvgIpc) is 2.91. The fraction of sp³-hybridized carbons (Fsp3) is 0.438. The largest absolute Gasteiger partial charge is 0.494 e. The van der Waals surface area contributed by atoms with E-state index in [4.69, 9.17) is 14.5 Å². The zero-order valence-corrected chi connectivity index (χ0v) is 13.0. The van der Waals surface area contributed by atoms with Crippen molar-refractivity contribution in [2.24, 2.45) is 0 Å². The van der Waals surface area contributed by atoms with Gasteiger partial charge in [-0.3, -0.25) is 0 Å². The van der Waals surface area contributed by atoms with Crippen molar-refractivity contribution >= 4 is 11.3 Å². The van der Waals surface area contributed by atoms with Gasteiger partial charge in [0.25, 0.3) is 0 Å². The summed E-state index contributed by atoms with van der Waals surface area (Å²) in [6.45, 7) is 5.30. The predicted molar refractivity (Wildman–Crippen MR) is 84.3 cm³/mol. The fourth-order valence-corrected chi connectivity index (χ4v) is 3.43. The minimum Gasteiger partial charge on any atom is -0.494 e. The maximum absolute atomic E-state index is 5.80. The lowest BCUT2D eigenvalue weighted by Gasteiger charge is -2.09. The van der Waals surface area contributed by atoms with Crippen molar-refractivity contribution in [1.82, 2.24) is 10.3 Å². The molecular formula is C16H20N2O2S. The van der Waals surface area contributed by atoms with Crippen LogP contribution >= 0.6 is 11.3 Å². The molecule has 0 radical (unpaired) electrons. The Kier molecular flexibility index (Phi) is 4.72. The van der Waals surface area contributed by atoms with Crippen molar-refractivity contribution in [1.29, 1.82) is 0 Å². The van der Waals surface area contributed by atoms with Crippen molar-refractivity contribution in [3.63, 3.8) is 0 Å². The molecule has 1 aromatic heterocycles. The number of hydrogen-bond donors (Lipinski definition) is 1. The molecule has 5 heteroatoms. The van der Waals surface area contributed by atoms with Crippen molar-refractivity contribution in [3.8, 4) is 11.5 Å². The van der Waals surface area contributed by atoms with Gasteiger partial charge in [-0.05, 0) is 19.1 Å². The van der Waals surface area contributed by atoms with E-state index in [-0.39, 0.29) is 0 Å². The Morgan fingerprint density at radius 1 is 1.29 bits per heavy atom. The second-order valence-corrected chi connectivity index (χ2v) is 6.08. The molecule has 21 heavy (non-hydrogen) atoms. The zero-order chi connectivity index (χ0) is 14.5. The van der Waals surface area contributed by atoms with Crippen LogP contribution in [0.15, 0.2) is 24.3 Å². The topological polar surface area (TPSA) is 43.4 Å². The Balaban J connectivity index is 1.53. The van der Waals surface area contributed by atoms with E-state index >= 15 is 0 Å². The van der Waals surface area contributed by atoms with Gasteiger partial charge in [0, 0.05) is 36.9 Å². The summed E-state index contributed by atoms with van der Waals surface area (Å²) in [4.78, 5) is 6.09. The molecule has 4 nitrogen and oxygen atoms in total. The van der Waals surface area contributed by atoms with Crippen LogP contribution < -0.4 is 14.8 Å². The van der Waals surface area contributed by atoms with Crippen LogP contribution in [-0.2, 0) is 19.4 Å². The maximum Gasteiger partial charge on any atom is 0.123 e. The van der Waals surface area contributed by atoms with E-state index in [0.717, 1.165) is 37.4 Å². The minimum atomic E-state index is 0.648. The van der Waals surface area contributed by atoms with Crippen molar-refractivity contribution in [2.75, 3.05) is 19.8 Å². The maximum atomic E-state index is 5.80. The molecule has 112 valence electrons. The summed E-state index contributed by atoms with van der Waals surface area (Å²) in [5.74, 6) is 1.70. The lowest BCUT2D eigenvalue weighted by molar-refractivity contribution is 0.312. The zero-order valence-electron chi connectivity index (χ0n) is 12.2. The monoisotopic (exact) mass is 304 g/mol. The second kappa shape index (κ2) is 6.91. The lowest BCUT2D eigenvalue weighted by Crippen LogP contribution is -2.22. The molecule has 1 aliphatic heterocycles. The van der Waals surface area contributed by atoms with E-state index in [1.165, 1.54) is 15.6 Å². The van der Waals surface area contributed by atoms with Crippen molar-refractivity contribution < 1.29 is 9.47 Å². The Morgan fingerprint density at radius 3 is 2.95 bits per heavy atom. The first-order valence-electron chi connectivity index (χ1n) is 7.39. The van der Waals surface area contributed by atoms with E-state index in [1.807, 2.05) is 31.2 Å². The molecule has 1 N–H and O–H groups in total. The minimum absolute atomic E-state index is 0.648. The van der Waals surface area contributed by atoms with E-state index in [0.29, 0.717) is 13.2 Å². The number of hydrogen-bond acceptors (Lipinski definition) is 5. The Hall–Kier alpha value is -1.59. The fourth-order valence-electron chi connectivity index (χ4n) is 2.36. The summed E-state index contributed by atoms with van der Waals surface area (Å²) in [5.41, 5.74) is 1.27. The third-order valence-corrected chi connectivity index (χ3v) is 4.51. The highest BCUT2D eigenvalue weighted by Gasteiger charge is 2.14. The van der Waals surface area contributed by atoms with Gasteiger partial charge in [-0.1, -0.05) is 6.07 Å². The molecule has 0 spiro atoms. The highest BCUT2D eigenvalue weighted by molar-refractivity contribution is 7.11. The van der Waals surface area contributed by atoms with Crippen LogP contribution in [0.25, 0.3) is 0 Å². The van der Waals surface area contributed by atoms with Crippen LogP contribution in [0.3, 0.4) is 0 Å². The quantitative estimate of drug-likeness (QED) is 0.891. The first-order chi connectivity index (χ1) is 10.3. The van der Waals surface area contributed by atoms with Crippen molar-refractivity contribution in [3.05, 3.63) is 39.8 Å². The molecule has 0 unspecified atom stereocenters. The van der Waals surface area contributed by atoms with Crippen LogP contribution in [0.4, 0.5) is 0 Å². The summed E-state index contributed by atoms with van der Waals surface area (Å²) < 4.78 is 11.3. The van der Waals surface area contributed by atoms with Gasteiger partial charge in [0.2, 0.25) is 0 Å². The normalized spacial score (nSPS) is 13.8. The van der Waals surface area contributed by atoms with Gasteiger partial charge in [-0.25, -0.2) is 4.98 Å². The van der Waals surface area contributed by atoms with E-state index < -0.39 is 0 Å². The molecule has 0 fully saturated rings. The van der Waals surface area contributed by atoms with Crippen molar-refractivity contribution in [2.45, 2.75) is 26.3 Å². The lowest BCUT2D eigenvalue weighted by atomic mass is 10.2. The highest BCUT2D eigenvalue weighted by Crippen LogP contribution is 2.23. The van der Waals surface area contributed by atoms with Gasteiger partial charge in [0.15, 0.2) is 0 Å². The van der Waals surface area contributed by atoms with Gasteiger partial charge in [-0.2, -0.15) is 0 Å². The van der Waals surface area contributed by atoms with Crippen LogP contribution in [0.5, 0.6) is 11.5 Å². The summed E-state index contributed by atoms with van der Waals surface area (Å²) in [5, 5.41) is 4.55. The summed E-state index contributed by atoms with van der Waals surface area (Å²) >= 11 is 1.80. The first-order valence-corrected chi connectivity index (χ1v) is 8.20. The van der Waals surface area contributed by atoms with E-state index in [1.54, 1.807) is 11.3 Å². The standard InChI is InChI=1S/C16H20N2O2S/c1-2-19-12-4-3-5-13(10-12)20-9-7-16-18-14-6-8-17-11-15(14)21-16/h3-5,10,17H,2,6-9,11H2,1H3. The number of rotatable bonds is 6. The Morgan fingerprint density at radius 2 is 2.14 bits per heavy atom. The number of benzene rings is 1. The molecule has 2 heterocycles. The molecule has 0 saturated carbocycles. The number of nitrogens with zero attached hydrogens (tertiary/aromatic N) is 1. The molecule has 3 rings (SSSR count). The summed E-state index contributed by atoms with van der Waals surface area (Å²) in [7, 11) is 0. The average molecular weight is 304 g/mol. The molecule has 0 saturated heterocycles. The Bertz CT molecular complexity index is 574. The number of ether oxygens (including phenoxy) is 2. The number of fused-ring (bicyclic) bond motifs is 1. The van der Waals surface area contributed by atoms with Gasteiger partial charge >= 0.3 is 0 Å². The molecule has 1 aliphatic rings. The van der Waals surface area contributed by atoms with Gasteiger partial charge in [0.1, 0.15) is 11.5 Å². The number of thiazole rings is 1. The van der Waals surface area contributed by atoms with Gasteiger partial charge < -0.3 is 14.8 Å². The first kappa shape index (κ1) is 14.4. The third kappa shape index (κ3) is 3.74. The third-order valence-electron chi connectivity index (χ3n) is 3.35. The number of nitrogens with one attached hydrogen (secondary N) is 1. The molecule has 1 aromatic carbocycles. The second-order valence-electron chi connectivity index (χ2n) is 4.91. The van der Waals surface area contributed by atoms with Crippen LogP contribution in [0.2, 0.25) is 0 Å². The molecule has 0 bridgehead atoms.